The number of nitrogens with one attached hydrogen (secondary N) is 1. The first-order valence-corrected chi connectivity index (χ1v) is 11.0. The normalized spacial score (nSPS) is 28.2. The second-order valence-electron chi connectivity index (χ2n) is 6.83. The number of allylic oxidation sites excluding steroid dienone is 4. The fourth-order valence-corrected chi connectivity index (χ4v) is 3.06. The monoisotopic (exact) mass is 418 g/mol. The molecule has 11 heteroatoms. The third-order valence-corrected chi connectivity index (χ3v) is 5.71. The van der Waals surface area contributed by atoms with Crippen molar-refractivity contribution in [3.05, 3.63) is 36.0 Å². The number of nitrogens with zero attached hydrogens (tertiary/aromatic N) is 1. The van der Waals surface area contributed by atoms with Crippen molar-refractivity contribution in [1.29, 1.82) is 0 Å². The maximum atomic E-state index is 12.2. The van der Waals surface area contributed by atoms with Crippen LogP contribution in [0.15, 0.2) is 36.0 Å². The maximum Gasteiger partial charge on any atom is 0.260 e. The van der Waals surface area contributed by atoms with Crippen molar-refractivity contribution in [3.8, 4) is 0 Å². The van der Waals surface area contributed by atoms with Crippen LogP contribution >= 0.6 is 7.37 Å². The SMILES string of the molecule is CP(=O)(O)C(O)CNCC(=O)N(O)C1(CO)COC(C2=CC=CCC=C2)OC1. The lowest BCUT2D eigenvalue weighted by molar-refractivity contribution is -0.276. The van der Waals surface area contributed by atoms with Crippen LogP contribution in [0.25, 0.3) is 0 Å². The number of aliphatic hydroxyl groups is 2. The Bertz CT molecular complexity index is 679. The summed E-state index contributed by atoms with van der Waals surface area (Å²) in [6, 6.07) is 0. The molecule has 1 fully saturated rings. The summed E-state index contributed by atoms with van der Waals surface area (Å²) in [5.41, 5.74) is -0.699. The van der Waals surface area contributed by atoms with Gasteiger partial charge in [0.15, 0.2) is 6.29 Å². The molecule has 1 aliphatic heterocycles. The predicted octanol–water partition coefficient (Wildman–Crippen LogP) is -0.441. The molecule has 1 heterocycles. The zero-order valence-corrected chi connectivity index (χ0v) is 16.5. The highest BCUT2D eigenvalue weighted by atomic mass is 31.2. The lowest BCUT2D eigenvalue weighted by Crippen LogP contribution is -2.63. The van der Waals surface area contributed by atoms with Gasteiger partial charge in [-0.15, -0.1) is 0 Å². The van der Waals surface area contributed by atoms with Crippen LogP contribution in [-0.4, -0.2) is 88.5 Å². The van der Waals surface area contributed by atoms with E-state index in [1.165, 1.54) is 0 Å². The largest absolute Gasteiger partial charge is 0.394 e. The molecule has 158 valence electrons. The van der Waals surface area contributed by atoms with Gasteiger partial charge in [-0.3, -0.25) is 14.6 Å². The van der Waals surface area contributed by atoms with Gasteiger partial charge in [0, 0.05) is 18.8 Å². The summed E-state index contributed by atoms with van der Waals surface area (Å²) < 4.78 is 22.5. The molecule has 2 aliphatic rings. The van der Waals surface area contributed by atoms with Crippen molar-refractivity contribution >= 4 is 13.3 Å². The Labute approximate surface area is 163 Å². The first-order chi connectivity index (χ1) is 13.2. The van der Waals surface area contributed by atoms with Gasteiger partial charge in [0.05, 0.1) is 26.4 Å². The highest BCUT2D eigenvalue weighted by molar-refractivity contribution is 7.57. The highest BCUT2D eigenvalue weighted by Gasteiger charge is 2.44. The highest BCUT2D eigenvalue weighted by Crippen LogP contribution is 2.39. The van der Waals surface area contributed by atoms with Crippen LogP contribution in [0.3, 0.4) is 0 Å². The van der Waals surface area contributed by atoms with E-state index in [0.717, 1.165) is 18.7 Å². The quantitative estimate of drug-likeness (QED) is 0.201. The van der Waals surface area contributed by atoms with E-state index in [2.05, 4.69) is 5.32 Å². The Kier molecular flexibility index (Phi) is 8.11. The van der Waals surface area contributed by atoms with E-state index in [0.29, 0.717) is 5.06 Å². The zero-order chi connectivity index (χ0) is 20.8. The first-order valence-electron chi connectivity index (χ1n) is 8.77. The van der Waals surface area contributed by atoms with Crippen LogP contribution in [0.1, 0.15) is 6.42 Å². The van der Waals surface area contributed by atoms with Gasteiger partial charge < -0.3 is 29.9 Å². The van der Waals surface area contributed by atoms with Gasteiger partial charge in [0.2, 0.25) is 7.37 Å². The third-order valence-electron chi connectivity index (χ3n) is 4.42. The summed E-state index contributed by atoms with van der Waals surface area (Å²) in [4.78, 5) is 21.4. The molecule has 10 nitrogen and oxygen atoms in total. The number of hydroxylamine groups is 2. The molecule has 0 aromatic rings. The summed E-state index contributed by atoms with van der Waals surface area (Å²) >= 11 is 0. The summed E-state index contributed by atoms with van der Waals surface area (Å²) in [5.74, 6) is -2.34. The molecular formula is C17H27N2O8P. The molecule has 1 amide bonds. The molecule has 1 saturated heterocycles. The smallest absolute Gasteiger partial charge is 0.260 e. The average Bonchev–Trinajstić information content (AvgIpc) is 2.96. The minimum atomic E-state index is -3.70. The molecule has 0 aromatic carbocycles. The van der Waals surface area contributed by atoms with Crippen molar-refractivity contribution in [3.63, 3.8) is 0 Å². The van der Waals surface area contributed by atoms with E-state index in [9.17, 15) is 29.7 Å². The summed E-state index contributed by atoms with van der Waals surface area (Å²) in [6.45, 7) is -0.637. The van der Waals surface area contributed by atoms with E-state index in [-0.39, 0.29) is 19.8 Å². The van der Waals surface area contributed by atoms with Crippen molar-refractivity contribution < 1.29 is 39.1 Å². The topological polar surface area (TPSA) is 149 Å². The fraction of sp³-hybridized carbons (Fsp3) is 0.588. The van der Waals surface area contributed by atoms with Crippen molar-refractivity contribution in [2.75, 3.05) is 39.6 Å². The molecule has 0 saturated carbocycles. The summed E-state index contributed by atoms with van der Waals surface area (Å²) in [6.07, 6.45) is 9.60. The Morgan fingerprint density at radius 2 is 2.11 bits per heavy atom. The van der Waals surface area contributed by atoms with Crippen molar-refractivity contribution in [2.45, 2.75) is 24.1 Å². The number of amides is 1. The molecule has 0 bridgehead atoms. The molecule has 0 aromatic heterocycles. The Balaban J connectivity index is 1.91. The summed E-state index contributed by atoms with van der Waals surface area (Å²) in [7, 11) is -3.70. The predicted molar refractivity (Wildman–Crippen MR) is 99.7 cm³/mol. The van der Waals surface area contributed by atoms with E-state index in [4.69, 9.17) is 9.47 Å². The molecule has 2 rings (SSSR count). The Morgan fingerprint density at radius 3 is 2.71 bits per heavy atom. The molecule has 5 N–H and O–H groups in total. The first kappa shape index (κ1) is 22.9. The van der Waals surface area contributed by atoms with Gasteiger partial charge >= 0.3 is 0 Å². The molecule has 0 radical (unpaired) electrons. The second-order valence-corrected chi connectivity index (χ2v) is 9.31. The average molecular weight is 418 g/mol. The molecule has 0 spiro atoms. The number of ether oxygens (including phenoxy) is 2. The molecule has 2 unspecified atom stereocenters. The van der Waals surface area contributed by atoms with Gasteiger partial charge in [-0.2, -0.15) is 0 Å². The van der Waals surface area contributed by atoms with Gasteiger partial charge in [0.1, 0.15) is 11.4 Å². The number of carbonyl (C=O) groups is 1. The maximum absolute atomic E-state index is 12.2. The minimum Gasteiger partial charge on any atom is -0.394 e. The second kappa shape index (κ2) is 9.91. The van der Waals surface area contributed by atoms with E-state index < -0.39 is 44.1 Å². The van der Waals surface area contributed by atoms with Crippen LogP contribution in [-0.2, 0) is 18.8 Å². The number of rotatable bonds is 8. The third kappa shape index (κ3) is 5.82. The van der Waals surface area contributed by atoms with E-state index in [1.807, 2.05) is 30.4 Å². The zero-order valence-electron chi connectivity index (χ0n) is 15.6. The van der Waals surface area contributed by atoms with E-state index >= 15 is 0 Å². The fourth-order valence-electron chi connectivity index (χ4n) is 2.59. The van der Waals surface area contributed by atoms with Gasteiger partial charge in [0.25, 0.3) is 5.91 Å². The van der Waals surface area contributed by atoms with Crippen LogP contribution in [0, 0.1) is 0 Å². The van der Waals surface area contributed by atoms with Crippen LogP contribution in [0.2, 0.25) is 0 Å². The Morgan fingerprint density at radius 1 is 1.43 bits per heavy atom. The van der Waals surface area contributed by atoms with Crippen LogP contribution in [0.4, 0.5) is 0 Å². The lowest BCUT2D eigenvalue weighted by atomic mass is 10.0. The number of hydrogen-bond donors (Lipinski definition) is 5. The summed E-state index contributed by atoms with van der Waals surface area (Å²) in [5, 5.41) is 32.4. The van der Waals surface area contributed by atoms with Gasteiger partial charge in [-0.1, -0.05) is 30.4 Å². The number of aliphatic hydroxyl groups excluding tert-OH is 2. The van der Waals surface area contributed by atoms with Crippen LogP contribution < -0.4 is 5.32 Å². The van der Waals surface area contributed by atoms with Gasteiger partial charge in [-0.25, -0.2) is 5.06 Å². The molecule has 28 heavy (non-hydrogen) atoms. The lowest BCUT2D eigenvalue weighted by Gasteiger charge is -2.43. The van der Waals surface area contributed by atoms with Gasteiger partial charge in [-0.05, 0) is 6.42 Å². The minimum absolute atomic E-state index is 0.158. The molecular weight excluding hydrogens is 391 g/mol. The molecule has 1 aliphatic carbocycles. The van der Waals surface area contributed by atoms with Crippen molar-refractivity contribution in [1.82, 2.24) is 10.4 Å². The standard InChI is InChI=1S/C17H27N2O8P/c1-28(24,25)15(22)9-18-8-14(21)19(23)17(10-20)11-26-16(27-12-17)13-6-4-2-3-5-7-13/h2,4-7,15-16,18,20,22-23H,3,8-12H2,1H3,(H,24,25). The van der Waals surface area contributed by atoms with E-state index in [1.54, 1.807) is 0 Å². The van der Waals surface area contributed by atoms with Crippen molar-refractivity contribution in [2.24, 2.45) is 0 Å². The number of carbonyl (C=O) groups excluding carboxylic acids is 1. The Hall–Kier alpha value is -1.36. The molecule has 2 atom stereocenters. The van der Waals surface area contributed by atoms with Crippen LogP contribution in [0.5, 0.6) is 0 Å². The number of hydrogen-bond acceptors (Lipinski definition) is 8.